The SMILES string of the molecule is CN1C2CCC1CN(S(=O)(=O)c1ccc(F)cc1N)CC2. The van der Waals surface area contributed by atoms with Gasteiger partial charge in [0.05, 0.1) is 5.69 Å². The molecule has 0 aliphatic carbocycles. The molecule has 7 heteroatoms. The first-order chi connectivity index (χ1) is 9.89. The molecule has 0 radical (unpaired) electrons. The Morgan fingerprint density at radius 3 is 2.67 bits per heavy atom. The van der Waals surface area contributed by atoms with E-state index in [4.69, 9.17) is 5.73 Å². The molecular formula is C14H20FN3O2S. The first-order valence-electron chi connectivity index (χ1n) is 7.16. The van der Waals surface area contributed by atoms with Gasteiger partial charge < -0.3 is 5.73 Å². The van der Waals surface area contributed by atoms with Gasteiger partial charge in [-0.2, -0.15) is 4.31 Å². The Hall–Kier alpha value is -1.18. The fourth-order valence-corrected chi connectivity index (χ4v) is 4.98. The van der Waals surface area contributed by atoms with Crippen LogP contribution in [-0.2, 0) is 10.0 Å². The summed E-state index contributed by atoms with van der Waals surface area (Å²) < 4.78 is 40.1. The molecule has 2 bridgehead atoms. The smallest absolute Gasteiger partial charge is 0.245 e. The third-order valence-electron chi connectivity index (χ3n) is 4.70. The standard InChI is InChI=1S/C14H20FN3O2S/c1-17-11-3-4-12(17)9-18(7-6-11)21(19,20)14-5-2-10(15)8-13(14)16/h2,5,8,11-12H,3-4,6-7,9,16H2,1H3. The largest absolute Gasteiger partial charge is 0.398 e. The van der Waals surface area contributed by atoms with Crippen molar-refractivity contribution in [2.24, 2.45) is 0 Å². The third-order valence-corrected chi connectivity index (χ3v) is 6.64. The van der Waals surface area contributed by atoms with Gasteiger partial charge in [-0.05, 0) is 44.5 Å². The molecule has 0 saturated carbocycles. The Labute approximate surface area is 124 Å². The number of hydrogen-bond acceptors (Lipinski definition) is 4. The Morgan fingerprint density at radius 2 is 1.95 bits per heavy atom. The lowest BCUT2D eigenvalue weighted by atomic mass is 10.1. The Morgan fingerprint density at radius 1 is 1.24 bits per heavy atom. The van der Waals surface area contributed by atoms with Crippen LogP contribution in [0.2, 0.25) is 0 Å². The second kappa shape index (κ2) is 5.23. The summed E-state index contributed by atoms with van der Waals surface area (Å²) in [4.78, 5) is 2.29. The van der Waals surface area contributed by atoms with Crippen LogP contribution in [0.25, 0.3) is 0 Å². The molecule has 3 rings (SSSR count). The zero-order valence-corrected chi connectivity index (χ0v) is 12.8. The normalized spacial score (nSPS) is 27.7. The molecule has 2 saturated heterocycles. The van der Waals surface area contributed by atoms with Gasteiger partial charge in [0, 0.05) is 25.2 Å². The van der Waals surface area contributed by atoms with E-state index in [0.29, 0.717) is 19.1 Å². The van der Waals surface area contributed by atoms with Crippen LogP contribution in [0.4, 0.5) is 10.1 Å². The summed E-state index contributed by atoms with van der Waals surface area (Å²) in [6, 6.07) is 4.17. The van der Waals surface area contributed by atoms with Gasteiger partial charge in [-0.1, -0.05) is 0 Å². The summed E-state index contributed by atoms with van der Waals surface area (Å²) in [5.41, 5.74) is 5.67. The van der Waals surface area contributed by atoms with E-state index >= 15 is 0 Å². The Kier molecular flexibility index (Phi) is 3.67. The Balaban J connectivity index is 1.91. The number of nitrogen functional groups attached to an aromatic ring is 1. The maximum Gasteiger partial charge on any atom is 0.245 e. The summed E-state index contributed by atoms with van der Waals surface area (Å²) in [6.07, 6.45) is 2.98. The molecule has 2 N–H and O–H groups in total. The molecule has 2 atom stereocenters. The molecule has 2 aliphatic heterocycles. The number of nitrogens with zero attached hydrogens (tertiary/aromatic N) is 2. The molecule has 21 heavy (non-hydrogen) atoms. The second-order valence-electron chi connectivity index (χ2n) is 5.88. The number of halogens is 1. The van der Waals surface area contributed by atoms with Crippen LogP contribution in [0.5, 0.6) is 0 Å². The van der Waals surface area contributed by atoms with Gasteiger partial charge in [-0.25, -0.2) is 12.8 Å². The molecule has 116 valence electrons. The second-order valence-corrected chi connectivity index (χ2v) is 7.79. The van der Waals surface area contributed by atoms with Crippen molar-refractivity contribution in [2.45, 2.75) is 36.2 Å². The van der Waals surface area contributed by atoms with Crippen LogP contribution in [0.1, 0.15) is 19.3 Å². The van der Waals surface area contributed by atoms with E-state index in [1.54, 1.807) is 0 Å². The van der Waals surface area contributed by atoms with E-state index in [0.717, 1.165) is 31.4 Å². The van der Waals surface area contributed by atoms with E-state index in [1.165, 1.54) is 10.4 Å². The van der Waals surface area contributed by atoms with Crippen molar-refractivity contribution in [1.82, 2.24) is 9.21 Å². The number of rotatable bonds is 2. The molecule has 5 nitrogen and oxygen atoms in total. The number of fused-ring (bicyclic) bond motifs is 2. The van der Waals surface area contributed by atoms with Crippen molar-refractivity contribution in [2.75, 3.05) is 25.9 Å². The van der Waals surface area contributed by atoms with E-state index in [2.05, 4.69) is 11.9 Å². The fraction of sp³-hybridized carbons (Fsp3) is 0.571. The van der Waals surface area contributed by atoms with E-state index in [1.807, 2.05) is 0 Å². The van der Waals surface area contributed by atoms with Crippen molar-refractivity contribution >= 4 is 15.7 Å². The third kappa shape index (κ3) is 2.54. The van der Waals surface area contributed by atoms with Crippen molar-refractivity contribution in [3.8, 4) is 0 Å². The van der Waals surface area contributed by atoms with Gasteiger partial charge in [-0.3, -0.25) is 4.90 Å². The minimum Gasteiger partial charge on any atom is -0.398 e. The highest BCUT2D eigenvalue weighted by Gasteiger charge is 2.39. The zero-order chi connectivity index (χ0) is 15.2. The monoisotopic (exact) mass is 313 g/mol. The maximum absolute atomic E-state index is 13.1. The van der Waals surface area contributed by atoms with Gasteiger partial charge in [0.2, 0.25) is 10.0 Å². The van der Waals surface area contributed by atoms with E-state index in [9.17, 15) is 12.8 Å². The summed E-state index contributed by atoms with van der Waals surface area (Å²) in [5.74, 6) is -0.527. The molecule has 0 aromatic heterocycles. The van der Waals surface area contributed by atoms with E-state index < -0.39 is 15.8 Å². The molecule has 0 amide bonds. The van der Waals surface area contributed by atoms with Crippen LogP contribution in [-0.4, -0.2) is 49.8 Å². The first kappa shape index (κ1) is 14.7. The molecule has 2 aliphatic rings. The fourth-order valence-electron chi connectivity index (χ4n) is 3.39. The molecule has 2 fully saturated rings. The molecular weight excluding hydrogens is 293 g/mol. The van der Waals surface area contributed by atoms with Gasteiger partial charge in [0.25, 0.3) is 0 Å². The molecule has 0 spiro atoms. The average molecular weight is 313 g/mol. The van der Waals surface area contributed by atoms with Crippen LogP contribution in [0.15, 0.2) is 23.1 Å². The summed E-state index contributed by atoms with van der Waals surface area (Å²) in [6.45, 7) is 0.969. The molecule has 1 aromatic carbocycles. The highest BCUT2D eigenvalue weighted by Crippen LogP contribution is 2.32. The van der Waals surface area contributed by atoms with Crippen molar-refractivity contribution in [1.29, 1.82) is 0 Å². The average Bonchev–Trinajstić information content (AvgIpc) is 2.61. The van der Waals surface area contributed by atoms with Crippen molar-refractivity contribution < 1.29 is 12.8 Å². The molecule has 2 heterocycles. The minimum atomic E-state index is -3.66. The van der Waals surface area contributed by atoms with Gasteiger partial charge in [-0.15, -0.1) is 0 Å². The summed E-state index contributed by atoms with van der Waals surface area (Å²) in [5, 5.41) is 0. The van der Waals surface area contributed by atoms with Crippen molar-refractivity contribution in [3.05, 3.63) is 24.0 Å². The van der Waals surface area contributed by atoms with Gasteiger partial charge >= 0.3 is 0 Å². The summed E-state index contributed by atoms with van der Waals surface area (Å²) >= 11 is 0. The van der Waals surface area contributed by atoms with Gasteiger partial charge in [0.1, 0.15) is 10.7 Å². The number of nitrogens with two attached hydrogens (primary N) is 1. The van der Waals surface area contributed by atoms with Crippen LogP contribution >= 0.6 is 0 Å². The van der Waals surface area contributed by atoms with Crippen LogP contribution in [0, 0.1) is 5.82 Å². The number of anilines is 1. The van der Waals surface area contributed by atoms with Crippen LogP contribution in [0.3, 0.4) is 0 Å². The zero-order valence-electron chi connectivity index (χ0n) is 12.0. The highest BCUT2D eigenvalue weighted by molar-refractivity contribution is 7.89. The predicted molar refractivity (Wildman–Crippen MR) is 78.8 cm³/mol. The number of likely N-dealkylation sites (N-methyl/N-ethyl adjacent to an activating group) is 1. The van der Waals surface area contributed by atoms with Crippen LogP contribution < -0.4 is 5.73 Å². The number of hydrogen-bond donors (Lipinski definition) is 1. The van der Waals surface area contributed by atoms with E-state index in [-0.39, 0.29) is 16.6 Å². The lowest BCUT2D eigenvalue weighted by molar-refractivity contribution is 0.246. The lowest BCUT2D eigenvalue weighted by Gasteiger charge is -2.25. The summed E-state index contributed by atoms with van der Waals surface area (Å²) in [7, 11) is -1.60. The number of benzene rings is 1. The topological polar surface area (TPSA) is 66.6 Å². The number of sulfonamides is 1. The molecule has 1 aromatic rings. The minimum absolute atomic E-state index is 0.00401. The van der Waals surface area contributed by atoms with Crippen molar-refractivity contribution in [3.63, 3.8) is 0 Å². The quantitative estimate of drug-likeness (QED) is 0.835. The Bertz CT molecular complexity index is 650. The maximum atomic E-state index is 13.1. The predicted octanol–water partition coefficient (Wildman–Crippen LogP) is 1.27. The highest BCUT2D eigenvalue weighted by atomic mass is 32.2. The lowest BCUT2D eigenvalue weighted by Crippen LogP contribution is -2.39. The van der Waals surface area contributed by atoms with Gasteiger partial charge in [0.15, 0.2) is 0 Å². The first-order valence-corrected chi connectivity index (χ1v) is 8.60. The molecule has 2 unspecified atom stereocenters.